The van der Waals surface area contributed by atoms with Gasteiger partial charge in [0.2, 0.25) is 5.91 Å². The fourth-order valence-electron chi connectivity index (χ4n) is 4.81. The van der Waals surface area contributed by atoms with E-state index < -0.39 is 0 Å². The second-order valence-corrected chi connectivity index (χ2v) is 9.35. The molecule has 1 spiro atoms. The molecule has 1 saturated heterocycles. The molecule has 1 aromatic rings. The quantitative estimate of drug-likeness (QED) is 0.785. The van der Waals surface area contributed by atoms with Gasteiger partial charge in [-0.2, -0.15) is 0 Å². The lowest BCUT2D eigenvalue weighted by Gasteiger charge is -2.43. The summed E-state index contributed by atoms with van der Waals surface area (Å²) in [6, 6.07) is 2.40. The van der Waals surface area contributed by atoms with Gasteiger partial charge in [0.05, 0.1) is 17.1 Å². The highest BCUT2D eigenvalue weighted by molar-refractivity contribution is 7.14. The summed E-state index contributed by atoms with van der Waals surface area (Å²) in [5.74, 6) is 0.215. The van der Waals surface area contributed by atoms with Crippen molar-refractivity contribution in [1.29, 1.82) is 0 Å². The number of nitrogens with one attached hydrogen (secondary N) is 1. The van der Waals surface area contributed by atoms with Gasteiger partial charge in [0.15, 0.2) is 0 Å². The third-order valence-electron chi connectivity index (χ3n) is 6.44. The van der Waals surface area contributed by atoms with Gasteiger partial charge in [-0.25, -0.2) is 0 Å². The molecule has 4 rings (SSSR count). The first-order chi connectivity index (χ1) is 13.1. The van der Waals surface area contributed by atoms with Crippen LogP contribution in [-0.2, 0) is 21.6 Å². The van der Waals surface area contributed by atoms with Gasteiger partial charge in [0.25, 0.3) is 5.91 Å². The van der Waals surface area contributed by atoms with Crippen LogP contribution < -0.4 is 5.32 Å². The molecule has 5 nitrogen and oxygen atoms in total. The van der Waals surface area contributed by atoms with Crippen molar-refractivity contribution >= 4 is 23.2 Å². The summed E-state index contributed by atoms with van der Waals surface area (Å²) in [6.45, 7) is 3.80. The number of amides is 2. The van der Waals surface area contributed by atoms with Crippen LogP contribution in [0.2, 0.25) is 0 Å². The van der Waals surface area contributed by atoms with E-state index >= 15 is 0 Å². The number of carbonyl (C=O) groups excluding carboxylic acids is 2. The SMILES string of the molecule is CC(=O)N1CCC2(CC1)OCCc1sc(C(=O)NC3CCCCCC3)cc12. The Morgan fingerprint density at radius 1 is 1.19 bits per heavy atom. The van der Waals surface area contributed by atoms with E-state index in [1.807, 2.05) is 4.90 Å². The minimum absolute atomic E-state index is 0.0811. The molecule has 27 heavy (non-hydrogen) atoms. The maximum Gasteiger partial charge on any atom is 0.261 e. The smallest absolute Gasteiger partial charge is 0.261 e. The van der Waals surface area contributed by atoms with Gasteiger partial charge in [-0.05, 0) is 37.3 Å². The molecule has 1 N–H and O–H groups in total. The van der Waals surface area contributed by atoms with Crippen molar-refractivity contribution in [3.8, 4) is 0 Å². The van der Waals surface area contributed by atoms with Crippen LogP contribution in [-0.4, -0.2) is 42.5 Å². The number of carbonyl (C=O) groups is 2. The molecule has 0 radical (unpaired) electrons. The van der Waals surface area contributed by atoms with Crippen molar-refractivity contribution in [3.63, 3.8) is 0 Å². The molecule has 6 heteroatoms. The third kappa shape index (κ3) is 3.92. The van der Waals surface area contributed by atoms with Crippen molar-refractivity contribution in [3.05, 3.63) is 21.4 Å². The maximum absolute atomic E-state index is 12.9. The van der Waals surface area contributed by atoms with E-state index in [1.54, 1.807) is 18.3 Å². The molecule has 148 valence electrons. The summed E-state index contributed by atoms with van der Waals surface area (Å²) in [7, 11) is 0. The highest BCUT2D eigenvalue weighted by Crippen LogP contribution is 2.44. The lowest BCUT2D eigenvalue weighted by molar-refractivity contribution is -0.138. The summed E-state index contributed by atoms with van der Waals surface area (Å²) in [5, 5.41) is 3.28. The van der Waals surface area contributed by atoms with E-state index in [1.165, 1.54) is 36.1 Å². The number of rotatable bonds is 2. The Kier molecular flexibility index (Phi) is 5.55. The lowest BCUT2D eigenvalue weighted by Crippen LogP contribution is -2.47. The Balaban J connectivity index is 1.49. The zero-order valence-electron chi connectivity index (χ0n) is 16.2. The predicted octanol–water partition coefficient (Wildman–Crippen LogP) is 3.61. The minimum atomic E-state index is -0.309. The van der Waals surface area contributed by atoms with Crippen molar-refractivity contribution in [1.82, 2.24) is 10.2 Å². The number of hydrogen-bond acceptors (Lipinski definition) is 4. The van der Waals surface area contributed by atoms with Crippen LogP contribution in [0.15, 0.2) is 6.07 Å². The predicted molar refractivity (Wildman–Crippen MR) is 106 cm³/mol. The zero-order valence-corrected chi connectivity index (χ0v) is 17.0. The normalized spacial score (nSPS) is 22.9. The Labute approximate surface area is 165 Å². The zero-order chi connectivity index (χ0) is 18.9. The van der Waals surface area contributed by atoms with Crippen molar-refractivity contribution < 1.29 is 14.3 Å². The van der Waals surface area contributed by atoms with Crippen LogP contribution in [0.4, 0.5) is 0 Å². The summed E-state index contributed by atoms with van der Waals surface area (Å²) in [6.07, 6.45) is 9.74. The topological polar surface area (TPSA) is 58.6 Å². The average Bonchev–Trinajstić information content (AvgIpc) is 2.95. The second kappa shape index (κ2) is 7.92. The molecular weight excluding hydrogens is 360 g/mol. The molecule has 1 aromatic heterocycles. The summed E-state index contributed by atoms with van der Waals surface area (Å²) < 4.78 is 6.26. The standard InChI is InChI=1S/C21H30N2O3S/c1-15(24)23-11-9-21(10-12-23)17-14-19(27-18(17)8-13-26-21)20(25)22-16-6-4-2-3-5-7-16/h14,16H,2-13H2,1H3,(H,22,25). The number of ether oxygens (including phenoxy) is 1. The van der Waals surface area contributed by atoms with Gasteiger partial charge in [-0.3, -0.25) is 9.59 Å². The molecule has 1 aliphatic carbocycles. The first kappa shape index (κ1) is 18.9. The van der Waals surface area contributed by atoms with Crippen molar-refractivity contribution in [2.75, 3.05) is 19.7 Å². The van der Waals surface area contributed by atoms with Gasteiger partial charge in [-0.15, -0.1) is 11.3 Å². The van der Waals surface area contributed by atoms with Gasteiger partial charge in [-0.1, -0.05) is 25.7 Å². The molecule has 0 atom stereocenters. The van der Waals surface area contributed by atoms with Gasteiger partial charge in [0.1, 0.15) is 0 Å². The fraction of sp³-hybridized carbons (Fsp3) is 0.714. The molecule has 0 aromatic carbocycles. The lowest BCUT2D eigenvalue weighted by atomic mass is 9.82. The van der Waals surface area contributed by atoms with E-state index in [2.05, 4.69) is 11.4 Å². The highest BCUT2D eigenvalue weighted by Gasteiger charge is 2.42. The molecule has 0 bridgehead atoms. The van der Waals surface area contributed by atoms with Crippen LogP contribution in [0, 0.1) is 0 Å². The molecule has 1 saturated carbocycles. The molecule has 3 aliphatic rings. The number of hydrogen-bond donors (Lipinski definition) is 1. The molecule has 2 aliphatic heterocycles. The Morgan fingerprint density at radius 3 is 2.56 bits per heavy atom. The number of likely N-dealkylation sites (tertiary alicyclic amines) is 1. The van der Waals surface area contributed by atoms with Crippen molar-refractivity contribution in [2.24, 2.45) is 0 Å². The Bertz CT molecular complexity index is 698. The van der Waals surface area contributed by atoms with E-state index in [0.717, 1.165) is 50.1 Å². The van der Waals surface area contributed by atoms with Crippen LogP contribution in [0.5, 0.6) is 0 Å². The van der Waals surface area contributed by atoms with Crippen LogP contribution in [0.1, 0.15) is 78.4 Å². The Hall–Kier alpha value is -1.40. The van der Waals surface area contributed by atoms with Gasteiger partial charge < -0.3 is 15.0 Å². The maximum atomic E-state index is 12.9. The number of nitrogens with zero attached hydrogens (tertiary/aromatic N) is 1. The van der Waals surface area contributed by atoms with Gasteiger partial charge >= 0.3 is 0 Å². The summed E-state index contributed by atoms with van der Waals surface area (Å²) >= 11 is 1.64. The molecular formula is C21H30N2O3S. The average molecular weight is 391 g/mol. The number of fused-ring (bicyclic) bond motifs is 2. The highest BCUT2D eigenvalue weighted by atomic mass is 32.1. The van der Waals surface area contributed by atoms with Crippen LogP contribution >= 0.6 is 11.3 Å². The monoisotopic (exact) mass is 390 g/mol. The van der Waals surface area contributed by atoms with Crippen LogP contribution in [0.3, 0.4) is 0 Å². The fourth-order valence-corrected chi connectivity index (χ4v) is 5.94. The van der Waals surface area contributed by atoms with Gasteiger partial charge in [0, 0.05) is 37.4 Å². The van der Waals surface area contributed by atoms with E-state index in [-0.39, 0.29) is 17.4 Å². The summed E-state index contributed by atoms with van der Waals surface area (Å²) in [4.78, 5) is 28.5. The third-order valence-corrected chi connectivity index (χ3v) is 7.63. The summed E-state index contributed by atoms with van der Waals surface area (Å²) in [5.41, 5.74) is 0.893. The van der Waals surface area contributed by atoms with E-state index in [0.29, 0.717) is 12.6 Å². The number of piperidine rings is 1. The second-order valence-electron chi connectivity index (χ2n) is 8.21. The Morgan fingerprint density at radius 2 is 1.89 bits per heavy atom. The first-order valence-corrected chi connectivity index (χ1v) is 11.2. The number of thiophene rings is 1. The van der Waals surface area contributed by atoms with E-state index in [9.17, 15) is 9.59 Å². The minimum Gasteiger partial charge on any atom is -0.370 e. The molecule has 2 fully saturated rings. The largest absolute Gasteiger partial charge is 0.370 e. The molecule has 2 amide bonds. The van der Waals surface area contributed by atoms with Crippen molar-refractivity contribution in [2.45, 2.75) is 76.4 Å². The molecule has 3 heterocycles. The van der Waals surface area contributed by atoms with E-state index in [4.69, 9.17) is 4.74 Å². The van der Waals surface area contributed by atoms with Crippen LogP contribution in [0.25, 0.3) is 0 Å². The first-order valence-electron chi connectivity index (χ1n) is 10.4. The molecule has 0 unspecified atom stereocenters.